The molecular weight excluding hydrogens is 340 g/mol. The molecule has 0 unspecified atom stereocenters. The average molecular weight is 362 g/mol. The zero-order chi connectivity index (χ0) is 19.0. The standard InChI is InChI=1S/C21H22N4O2/c1-14-8-15(2)25(23-14)12-16-4-3-5-18(9-16)21(27)24-7-6-17-10-20(26)22-11-19(17)13-24/h3-5,8-11H,6-7,12-13H2,1-2H3,(H,22,26). The van der Waals surface area contributed by atoms with Crippen molar-refractivity contribution in [2.24, 2.45) is 0 Å². The van der Waals surface area contributed by atoms with Gasteiger partial charge in [0.1, 0.15) is 0 Å². The summed E-state index contributed by atoms with van der Waals surface area (Å²) in [6.07, 6.45) is 2.42. The quantitative estimate of drug-likeness (QED) is 0.778. The smallest absolute Gasteiger partial charge is 0.254 e. The second kappa shape index (κ2) is 6.87. The third-order valence-corrected chi connectivity index (χ3v) is 5.02. The average Bonchev–Trinajstić information content (AvgIpc) is 2.97. The summed E-state index contributed by atoms with van der Waals surface area (Å²) in [5, 5.41) is 4.49. The van der Waals surface area contributed by atoms with Crippen LogP contribution in [0.25, 0.3) is 0 Å². The van der Waals surface area contributed by atoms with Gasteiger partial charge in [-0.3, -0.25) is 14.3 Å². The van der Waals surface area contributed by atoms with Crippen molar-refractivity contribution in [3.63, 3.8) is 0 Å². The van der Waals surface area contributed by atoms with Crippen LogP contribution in [0.5, 0.6) is 0 Å². The number of nitrogens with zero attached hydrogens (tertiary/aromatic N) is 3. The second-order valence-electron chi connectivity index (χ2n) is 7.11. The number of aromatic nitrogens is 3. The molecule has 0 saturated heterocycles. The number of hydrogen-bond donors (Lipinski definition) is 1. The summed E-state index contributed by atoms with van der Waals surface area (Å²) in [5.41, 5.74) is 5.77. The molecule has 6 heteroatoms. The largest absolute Gasteiger partial charge is 0.334 e. The van der Waals surface area contributed by atoms with Crippen molar-refractivity contribution < 1.29 is 4.79 Å². The topological polar surface area (TPSA) is 71.0 Å². The summed E-state index contributed by atoms with van der Waals surface area (Å²) >= 11 is 0. The molecule has 6 nitrogen and oxygen atoms in total. The monoisotopic (exact) mass is 362 g/mol. The van der Waals surface area contributed by atoms with Crippen LogP contribution in [0.2, 0.25) is 0 Å². The lowest BCUT2D eigenvalue weighted by molar-refractivity contribution is 0.0734. The Morgan fingerprint density at radius 1 is 1.19 bits per heavy atom. The molecule has 0 fully saturated rings. The summed E-state index contributed by atoms with van der Waals surface area (Å²) in [6, 6.07) is 11.4. The number of H-pyrrole nitrogens is 1. The Balaban J connectivity index is 1.53. The van der Waals surface area contributed by atoms with Crippen molar-refractivity contribution in [1.29, 1.82) is 0 Å². The van der Waals surface area contributed by atoms with Crippen LogP contribution in [0, 0.1) is 13.8 Å². The van der Waals surface area contributed by atoms with Crippen molar-refractivity contribution in [2.75, 3.05) is 6.54 Å². The van der Waals surface area contributed by atoms with Gasteiger partial charge in [-0.05, 0) is 55.2 Å². The lowest BCUT2D eigenvalue weighted by atomic mass is 10.0. The molecule has 0 atom stereocenters. The summed E-state index contributed by atoms with van der Waals surface area (Å²) in [4.78, 5) is 29.0. The highest BCUT2D eigenvalue weighted by atomic mass is 16.2. The van der Waals surface area contributed by atoms with E-state index in [1.807, 2.05) is 53.8 Å². The number of amides is 1. The zero-order valence-corrected chi connectivity index (χ0v) is 15.5. The number of pyridine rings is 1. The first kappa shape index (κ1) is 17.3. The summed E-state index contributed by atoms with van der Waals surface area (Å²) in [6.45, 7) is 5.80. The third-order valence-electron chi connectivity index (χ3n) is 5.02. The zero-order valence-electron chi connectivity index (χ0n) is 15.5. The highest BCUT2D eigenvalue weighted by Crippen LogP contribution is 2.19. The molecule has 27 heavy (non-hydrogen) atoms. The maximum atomic E-state index is 13.0. The van der Waals surface area contributed by atoms with Gasteiger partial charge in [0.2, 0.25) is 5.56 Å². The fraction of sp³-hybridized carbons (Fsp3) is 0.286. The molecule has 2 aromatic heterocycles. The highest BCUT2D eigenvalue weighted by Gasteiger charge is 2.22. The minimum atomic E-state index is -0.0922. The van der Waals surface area contributed by atoms with Crippen molar-refractivity contribution in [3.05, 3.63) is 86.6 Å². The van der Waals surface area contributed by atoms with E-state index in [0.717, 1.165) is 28.1 Å². The molecule has 1 aromatic carbocycles. The van der Waals surface area contributed by atoms with Crippen molar-refractivity contribution >= 4 is 5.91 Å². The van der Waals surface area contributed by atoms with Gasteiger partial charge in [0.25, 0.3) is 5.91 Å². The minimum Gasteiger partial charge on any atom is -0.334 e. The Hall–Kier alpha value is -3.15. The summed E-state index contributed by atoms with van der Waals surface area (Å²) in [5.74, 6) is 0.0158. The predicted octanol–water partition coefficient (Wildman–Crippen LogP) is 2.44. The van der Waals surface area contributed by atoms with Crippen molar-refractivity contribution in [3.8, 4) is 0 Å². The Bertz CT molecular complexity index is 1060. The highest BCUT2D eigenvalue weighted by molar-refractivity contribution is 5.94. The van der Waals surface area contributed by atoms with E-state index in [1.54, 1.807) is 12.3 Å². The van der Waals surface area contributed by atoms with E-state index < -0.39 is 0 Å². The molecule has 1 N–H and O–H groups in total. The first-order chi connectivity index (χ1) is 13.0. The van der Waals surface area contributed by atoms with Gasteiger partial charge >= 0.3 is 0 Å². The van der Waals surface area contributed by atoms with Crippen LogP contribution in [-0.2, 0) is 19.5 Å². The molecule has 0 saturated carbocycles. The fourth-order valence-corrected chi connectivity index (χ4v) is 3.63. The van der Waals surface area contributed by atoms with E-state index in [0.29, 0.717) is 31.6 Å². The van der Waals surface area contributed by atoms with Crippen LogP contribution >= 0.6 is 0 Å². The second-order valence-corrected chi connectivity index (χ2v) is 7.11. The van der Waals surface area contributed by atoms with Crippen LogP contribution in [-0.4, -0.2) is 32.1 Å². The molecule has 1 amide bonds. The molecular formula is C21H22N4O2. The third kappa shape index (κ3) is 3.56. The van der Waals surface area contributed by atoms with E-state index >= 15 is 0 Å². The number of nitrogens with one attached hydrogen (secondary N) is 1. The molecule has 1 aliphatic heterocycles. The molecule has 3 heterocycles. The SMILES string of the molecule is Cc1cc(C)n(Cc2cccc(C(=O)N3CCc4cc(=O)[nH]cc4C3)c2)n1. The van der Waals surface area contributed by atoms with E-state index in [4.69, 9.17) is 0 Å². The minimum absolute atomic E-state index is 0.0158. The maximum absolute atomic E-state index is 13.0. The number of rotatable bonds is 3. The molecule has 3 aromatic rings. The molecule has 0 bridgehead atoms. The van der Waals surface area contributed by atoms with E-state index in [-0.39, 0.29) is 11.5 Å². The number of hydrogen-bond acceptors (Lipinski definition) is 3. The van der Waals surface area contributed by atoms with Crippen LogP contribution in [0.1, 0.15) is 38.4 Å². The van der Waals surface area contributed by atoms with Crippen molar-refractivity contribution in [2.45, 2.75) is 33.4 Å². The van der Waals surface area contributed by atoms with Crippen LogP contribution in [0.3, 0.4) is 0 Å². The predicted molar refractivity (Wildman–Crippen MR) is 103 cm³/mol. The van der Waals surface area contributed by atoms with Gasteiger partial charge in [0.15, 0.2) is 0 Å². The van der Waals surface area contributed by atoms with Gasteiger partial charge in [0.05, 0.1) is 12.2 Å². The van der Waals surface area contributed by atoms with E-state index in [2.05, 4.69) is 10.1 Å². The van der Waals surface area contributed by atoms with Crippen LogP contribution in [0.15, 0.2) is 47.4 Å². The molecule has 4 rings (SSSR count). The summed E-state index contributed by atoms with van der Waals surface area (Å²) in [7, 11) is 0. The van der Waals surface area contributed by atoms with Gasteiger partial charge in [-0.2, -0.15) is 5.10 Å². The number of aromatic amines is 1. The fourth-order valence-electron chi connectivity index (χ4n) is 3.63. The van der Waals surface area contributed by atoms with Crippen LogP contribution < -0.4 is 5.56 Å². The number of aryl methyl sites for hydroxylation is 2. The number of fused-ring (bicyclic) bond motifs is 1. The maximum Gasteiger partial charge on any atom is 0.254 e. The Morgan fingerprint density at radius 2 is 2.04 bits per heavy atom. The molecule has 0 radical (unpaired) electrons. The lowest BCUT2D eigenvalue weighted by Gasteiger charge is -2.28. The lowest BCUT2D eigenvalue weighted by Crippen LogP contribution is -2.36. The van der Waals surface area contributed by atoms with Gasteiger partial charge < -0.3 is 9.88 Å². The van der Waals surface area contributed by atoms with Gasteiger partial charge in [0, 0.05) is 36.6 Å². The first-order valence-corrected chi connectivity index (χ1v) is 9.09. The Kier molecular flexibility index (Phi) is 4.39. The molecule has 0 spiro atoms. The Morgan fingerprint density at radius 3 is 2.81 bits per heavy atom. The molecule has 0 aliphatic carbocycles. The molecule has 1 aliphatic rings. The number of benzene rings is 1. The molecule has 138 valence electrons. The van der Waals surface area contributed by atoms with Crippen molar-refractivity contribution in [1.82, 2.24) is 19.7 Å². The number of carbonyl (C=O) groups excluding carboxylic acids is 1. The van der Waals surface area contributed by atoms with Crippen LogP contribution in [0.4, 0.5) is 0 Å². The first-order valence-electron chi connectivity index (χ1n) is 9.09. The van der Waals surface area contributed by atoms with E-state index in [1.165, 1.54) is 0 Å². The van der Waals surface area contributed by atoms with Gasteiger partial charge in [-0.25, -0.2) is 0 Å². The normalized spacial score (nSPS) is 13.5. The summed E-state index contributed by atoms with van der Waals surface area (Å²) < 4.78 is 1.95. The number of carbonyl (C=O) groups is 1. The van der Waals surface area contributed by atoms with E-state index in [9.17, 15) is 9.59 Å². The van der Waals surface area contributed by atoms with Gasteiger partial charge in [-0.15, -0.1) is 0 Å². The Labute approximate surface area is 157 Å². The van der Waals surface area contributed by atoms with Gasteiger partial charge in [-0.1, -0.05) is 12.1 Å².